The second kappa shape index (κ2) is 5.06. The maximum atomic E-state index is 11.3. The molecule has 0 aliphatic carbocycles. The van der Waals surface area contributed by atoms with Crippen LogP contribution in [0.25, 0.3) is 0 Å². The highest BCUT2D eigenvalue weighted by Gasteiger charge is 2.31. The first kappa shape index (κ1) is 12.6. The lowest BCUT2D eigenvalue weighted by Gasteiger charge is -2.17. The summed E-state index contributed by atoms with van der Waals surface area (Å²) in [7, 11) is 0. The molecule has 0 aliphatic heterocycles. The third-order valence-corrected chi connectivity index (χ3v) is 2.42. The van der Waals surface area contributed by atoms with Crippen LogP contribution in [0.15, 0.2) is 30.3 Å². The van der Waals surface area contributed by atoms with Crippen LogP contribution in [0.1, 0.15) is 18.5 Å². The van der Waals surface area contributed by atoms with Crippen molar-refractivity contribution in [3.05, 3.63) is 35.9 Å². The first-order valence-corrected chi connectivity index (χ1v) is 5.47. The van der Waals surface area contributed by atoms with Gasteiger partial charge in [0.25, 0.3) is 9.70 Å². The monoisotopic (exact) mass is 265 g/mol. The lowest BCUT2D eigenvalue weighted by atomic mass is 10.1. The smallest absolute Gasteiger partial charge is 0.272 e. The fraction of sp³-hybridized carbons (Fsp3) is 0.300. The maximum Gasteiger partial charge on any atom is 0.272 e. The molecule has 0 heterocycles. The Morgan fingerprint density at radius 2 is 1.80 bits per heavy atom. The number of benzene rings is 1. The molecular weight excluding hydrogens is 256 g/mol. The van der Waals surface area contributed by atoms with Crippen LogP contribution in [-0.4, -0.2) is 9.70 Å². The van der Waals surface area contributed by atoms with Gasteiger partial charge in [0, 0.05) is 0 Å². The molecule has 0 radical (unpaired) electrons. The normalized spacial score (nSPS) is 13.3. The van der Waals surface area contributed by atoms with Crippen LogP contribution < -0.4 is 5.32 Å². The van der Waals surface area contributed by atoms with E-state index in [-0.39, 0.29) is 6.04 Å². The number of hydrogen-bond acceptors (Lipinski definition) is 1. The van der Waals surface area contributed by atoms with Crippen molar-refractivity contribution in [3.8, 4) is 0 Å². The zero-order valence-electron chi connectivity index (χ0n) is 8.01. The van der Waals surface area contributed by atoms with Gasteiger partial charge >= 0.3 is 0 Å². The minimum Gasteiger partial charge on any atom is -0.346 e. The molecule has 15 heavy (non-hydrogen) atoms. The number of rotatable bonds is 2. The van der Waals surface area contributed by atoms with Gasteiger partial charge in [-0.25, -0.2) is 0 Å². The Morgan fingerprint density at radius 3 is 2.27 bits per heavy atom. The van der Waals surface area contributed by atoms with Crippen molar-refractivity contribution in [2.45, 2.75) is 16.8 Å². The van der Waals surface area contributed by atoms with E-state index in [0.29, 0.717) is 0 Å². The zero-order valence-corrected chi connectivity index (χ0v) is 10.3. The zero-order chi connectivity index (χ0) is 11.5. The summed E-state index contributed by atoms with van der Waals surface area (Å²) in [5.74, 6) is -0.621. The van der Waals surface area contributed by atoms with E-state index < -0.39 is 9.70 Å². The predicted octanol–water partition coefficient (Wildman–Crippen LogP) is 3.23. The maximum absolute atomic E-state index is 11.3. The molecule has 0 unspecified atom stereocenters. The summed E-state index contributed by atoms with van der Waals surface area (Å²) in [5.41, 5.74) is 0.958. The van der Waals surface area contributed by atoms with Crippen molar-refractivity contribution >= 4 is 40.7 Å². The van der Waals surface area contributed by atoms with Crippen LogP contribution in [0.2, 0.25) is 0 Å². The van der Waals surface area contributed by atoms with Crippen molar-refractivity contribution in [2.24, 2.45) is 0 Å². The fourth-order valence-electron chi connectivity index (χ4n) is 1.10. The molecule has 0 spiro atoms. The van der Waals surface area contributed by atoms with Gasteiger partial charge in [0.15, 0.2) is 0 Å². The first-order valence-electron chi connectivity index (χ1n) is 4.34. The van der Waals surface area contributed by atoms with E-state index in [1.807, 2.05) is 37.3 Å². The van der Waals surface area contributed by atoms with E-state index >= 15 is 0 Å². The topological polar surface area (TPSA) is 29.1 Å². The number of carbonyl (C=O) groups excluding carboxylic acids is 1. The molecule has 82 valence electrons. The molecule has 0 aromatic heterocycles. The summed E-state index contributed by atoms with van der Waals surface area (Å²) in [6, 6.07) is 9.26. The third-order valence-electron chi connectivity index (χ3n) is 1.90. The van der Waals surface area contributed by atoms with Crippen LogP contribution in [-0.2, 0) is 4.79 Å². The molecule has 0 fully saturated rings. The van der Waals surface area contributed by atoms with E-state index in [1.165, 1.54) is 0 Å². The summed E-state index contributed by atoms with van der Waals surface area (Å²) in [4.78, 5) is 11.3. The fourth-order valence-corrected chi connectivity index (χ4v) is 1.27. The number of nitrogens with one attached hydrogen (secondary N) is 1. The Hall–Kier alpha value is -0.440. The molecule has 1 atom stereocenters. The molecular formula is C10H10Cl3NO. The number of hydrogen-bond donors (Lipinski definition) is 1. The van der Waals surface area contributed by atoms with E-state index in [9.17, 15) is 4.79 Å². The summed E-state index contributed by atoms with van der Waals surface area (Å²) >= 11 is 16.3. The average molecular weight is 267 g/mol. The van der Waals surface area contributed by atoms with E-state index in [4.69, 9.17) is 34.8 Å². The Labute approximate surface area is 104 Å². The summed E-state index contributed by atoms with van der Waals surface area (Å²) < 4.78 is -1.91. The molecule has 2 nitrogen and oxygen atoms in total. The molecule has 0 aliphatic rings. The second-order valence-electron chi connectivity index (χ2n) is 3.10. The van der Waals surface area contributed by atoms with Gasteiger partial charge in [0.05, 0.1) is 6.04 Å². The van der Waals surface area contributed by atoms with Crippen LogP contribution in [0.5, 0.6) is 0 Å². The van der Waals surface area contributed by atoms with Crippen LogP contribution in [0, 0.1) is 0 Å². The largest absolute Gasteiger partial charge is 0.346 e. The van der Waals surface area contributed by atoms with Gasteiger partial charge in [-0.2, -0.15) is 0 Å². The van der Waals surface area contributed by atoms with Gasteiger partial charge in [-0.05, 0) is 12.5 Å². The molecule has 0 saturated carbocycles. The average Bonchev–Trinajstić information content (AvgIpc) is 2.17. The number of alkyl halides is 3. The van der Waals surface area contributed by atoms with Crippen LogP contribution in [0.3, 0.4) is 0 Å². The number of carbonyl (C=O) groups is 1. The van der Waals surface area contributed by atoms with Crippen molar-refractivity contribution in [1.82, 2.24) is 5.32 Å². The van der Waals surface area contributed by atoms with Crippen molar-refractivity contribution < 1.29 is 4.79 Å². The molecule has 0 bridgehead atoms. The Balaban J connectivity index is 2.65. The highest BCUT2D eigenvalue weighted by atomic mass is 35.6. The molecule has 1 rings (SSSR count). The first-order chi connectivity index (χ1) is 6.91. The number of halogens is 3. The third kappa shape index (κ3) is 3.90. The lowest BCUT2D eigenvalue weighted by molar-refractivity contribution is -0.120. The highest BCUT2D eigenvalue weighted by molar-refractivity contribution is 6.76. The molecule has 1 N–H and O–H groups in total. The van der Waals surface area contributed by atoms with Gasteiger partial charge in [0.1, 0.15) is 0 Å². The van der Waals surface area contributed by atoms with Crippen molar-refractivity contribution in [1.29, 1.82) is 0 Å². The minimum absolute atomic E-state index is 0.186. The van der Waals surface area contributed by atoms with Gasteiger partial charge in [-0.15, -0.1) is 0 Å². The van der Waals surface area contributed by atoms with Crippen LogP contribution >= 0.6 is 34.8 Å². The van der Waals surface area contributed by atoms with Crippen LogP contribution in [0.4, 0.5) is 0 Å². The van der Waals surface area contributed by atoms with E-state index in [0.717, 1.165) is 5.56 Å². The van der Waals surface area contributed by atoms with Crippen molar-refractivity contribution in [3.63, 3.8) is 0 Å². The predicted molar refractivity (Wildman–Crippen MR) is 63.3 cm³/mol. The Kier molecular flexibility index (Phi) is 4.26. The lowest BCUT2D eigenvalue weighted by Crippen LogP contribution is -2.36. The minimum atomic E-state index is -1.91. The van der Waals surface area contributed by atoms with Gasteiger partial charge in [-0.3, -0.25) is 4.79 Å². The van der Waals surface area contributed by atoms with Gasteiger partial charge in [0.2, 0.25) is 0 Å². The molecule has 1 aromatic carbocycles. The van der Waals surface area contributed by atoms with E-state index in [1.54, 1.807) is 0 Å². The Morgan fingerprint density at radius 1 is 1.27 bits per heavy atom. The molecule has 0 saturated heterocycles. The number of amides is 1. The SMILES string of the molecule is C[C@@H](NC(=O)C(Cl)(Cl)Cl)c1ccccc1. The van der Waals surface area contributed by atoms with Crippen molar-refractivity contribution in [2.75, 3.05) is 0 Å². The molecule has 1 aromatic rings. The quantitative estimate of drug-likeness (QED) is 0.818. The summed E-state index contributed by atoms with van der Waals surface area (Å²) in [6.07, 6.45) is 0. The highest BCUT2D eigenvalue weighted by Crippen LogP contribution is 2.27. The van der Waals surface area contributed by atoms with E-state index in [2.05, 4.69) is 5.32 Å². The Bertz CT molecular complexity index is 334. The second-order valence-corrected chi connectivity index (χ2v) is 5.38. The summed E-state index contributed by atoms with van der Waals surface area (Å²) in [6.45, 7) is 1.82. The molecule has 1 amide bonds. The molecule has 5 heteroatoms. The standard InChI is InChI=1S/C10H10Cl3NO/c1-7(8-5-3-2-4-6-8)14-9(15)10(11,12)13/h2-7H,1H3,(H,14,15)/t7-/m1/s1. The summed E-state index contributed by atoms with van der Waals surface area (Å²) in [5, 5.41) is 2.60. The van der Waals surface area contributed by atoms with Gasteiger partial charge in [-0.1, -0.05) is 65.1 Å². The van der Waals surface area contributed by atoms with Gasteiger partial charge < -0.3 is 5.32 Å².